The van der Waals surface area contributed by atoms with Gasteiger partial charge in [-0.25, -0.2) is 0 Å². The number of aliphatic hydroxyl groups excluding tert-OH is 1. The van der Waals surface area contributed by atoms with Crippen LogP contribution in [0, 0.1) is 0 Å². The smallest absolute Gasteiger partial charge is 0.237 e. The van der Waals surface area contributed by atoms with E-state index in [4.69, 9.17) is 5.11 Å². The fraction of sp³-hybridized carbons (Fsp3) is 0.917. The third kappa shape index (κ3) is 4.10. The van der Waals surface area contributed by atoms with Crippen molar-refractivity contribution in [2.24, 2.45) is 0 Å². The van der Waals surface area contributed by atoms with Crippen molar-refractivity contribution in [3.8, 4) is 0 Å². The maximum atomic E-state index is 12.0. The molecule has 1 N–H and O–H groups in total. The second kappa shape index (κ2) is 6.86. The third-order valence-corrected chi connectivity index (χ3v) is 3.13. The Kier molecular flexibility index (Phi) is 5.77. The number of hydrogen-bond donors (Lipinski definition) is 1. The van der Waals surface area contributed by atoms with Crippen molar-refractivity contribution >= 4 is 5.91 Å². The monoisotopic (exact) mass is 228 g/mol. The topological polar surface area (TPSA) is 43.8 Å². The second-order valence-corrected chi connectivity index (χ2v) is 4.84. The van der Waals surface area contributed by atoms with E-state index < -0.39 is 0 Å². The van der Waals surface area contributed by atoms with Crippen LogP contribution in [0.5, 0.6) is 0 Å². The molecule has 0 heterocycles. The van der Waals surface area contributed by atoms with Gasteiger partial charge in [0.15, 0.2) is 0 Å². The number of carbonyl (C=O) groups is 1. The summed E-state index contributed by atoms with van der Waals surface area (Å²) in [7, 11) is 3.80. The first-order chi connectivity index (χ1) is 7.65. The number of aliphatic hydroxyl groups is 1. The molecule has 0 unspecified atom stereocenters. The highest BCUT2D eigenvalue weighted by Gasteiger charge is 2.24. The van der Waals surface area contributed by atoms with Gasteiger partial charge in [-0.2, -0.15) is 0 Å². The molecule has 0 aromatic rings. The van der Waals surface area contributed by atoms with E-state index >= 15 is 0 Å². The molecule has 0 aromatic heterocycles. The molecule has 4 heteroatoms. The quantitative estimate of drug-likeness (QED) is 0.753. The zero-order valence-corrected chi connectivity index (χ0v) is 10.5. The maximum absolute atomic E-state index is 12.0. The zero-order valence-electron chi connectivity index (χ0n) is 10.5. The first-order valence-electron chi connectivity index (χ1n) is 6.20. The minimum atomic E-state index is 0.0651. The van der Waals surface area contributed by atoms with Crippen LogP contribution in [0.1, 0.15) is 32.1 Å². The summed E-state index contributed by atoms with van der Waals surface area (Å²) in [6, 6.07) is 0.355. The molecule has 1 saturated carbocycles. The average Bonchev–Trinajstić information content (AvgIpc) is 2.26. The average molecular weight is 228 g/mol. The summed E-state index contributed by atoms with van der Waals surface area (Å²) in [5.74, 6) is 0.144. The Morgan fingerprint density at radius 2 is 1.88 bits per heavy atom. The second-order valence-electron chi connectivity index (χ2n) is 4.84. The summed E-state index contributed by atoms with van der Waals surface area (Å²) in [5, 5.41) is 9.04. The molecule has 1 aliphatic carbocycles. The van der Waals surface area contributed by atoms with Gasteiger partial charge in [0.2, 0.25) is 5.91 Å². The van der Waals surface area contributed by atoms with Crippen LogP contribution in [0.4, 0.5) is 0 Å². The molecular weight excluding hydrogens is 204 g/mol. The van der Waals surface area contributed by atoms with Gasteiger partial charge in [0, 0.05) is 12.6 Å². The lowest BCUT2D eigenvalue weighted by atomic mass is 9.94. The summed E-state index contributed by atoms with van der Waals surface area (Å²) in [6.07, 6.45) is 5.90. The molecule has 16 heavy (non-hydrogen) atoms. The molecule has 0 atom stereocenters. The molecule has 0 saturated heterocycles. The van der Waals surface area contributed by atoms with Crippen molar-refractivity contribution in [2.45, 2.75) is 38.1 Å². The van der Waals surface area contributed by atoms with Crippen LogP contribution >= 0.6 is 0 Å². The lowest BCUT2D eigenvalue weighted by molar-refractivity contribution is -0.135. The van der Waals surface area contributed by atoms with Gasteiger partial charge in [-0.15, -0.1) is 0 Å². The summed E-state index contributed by atoms with van der Waals surface area (Å²) in [4.78, 5) is 15.8. The van der Waals surface area contributed by atoms with E-state index in [0.717, 1.165) is 12.8 Å². The number of amides is 1. The largest absolute Gasteiger partial charge is 0.395 e. The Labute approximate surface area is 98.2 Å². The summed E-state index contributed by atoms with van der Waals surface area (Å²) in [5.41, 5.74) is 0. The number of likely N-dealkylation sites (N-methyl/N-ethyl adjacent to an activating group) is 1. The molecule has 0 bridgehead atoms. The molecule has 1 aliphatic rings. The van der Waals surface area contributed by atoms with Crippen molar-refractivity contribution < 1.29 is 9.90 Å². The van der Waals surface area contributed by atoms with Crippen molar-refractivity contribution in [2.75, 3.05) is 33.8 Å². The molecule has 1 rings (SSSR count). The van der Waals surface area contributed by atoms with Crippen molar-refractivity contribution in [1.29, 1.82) is 0 Å². The number of carbonyl (C=O) groups excluding carboxylic acids is 1. The molecule has 4 nitrogen and oxygen atoms in total. The summed E-state index contributed by atoms with van der Waals surface area (Å²) in [6.45, 7) is 0.990. The van der Waals surface area contributed by atoms with E-state index in [1.54, 1.807) is 0 Å². The highest BCUT2D eigenvalue weighted by atomic mass is 16.3. The Bertz CT molecular complexity index is 213. The van der Waals surface area contributed by atoms with Gasteiger partial charge in [-0.05, 0) is 26.9 Å². The summed E-state index contributed by atoms with van der Waals surface area (Å²) >= 11 is 0. The Morgan fingerprint density at radius 1 is 1.25 bits per heavy atom. The van der Waals surface area contributed by atoms with Crippen molar-refractivity contribution in [1.82, 2.24) is 9.80 Å². The van der Waals surface area contributed by atoms with Crippen LogP contribution < -0.4 is 0 Å². The van der Waals surface area contributed by atoms with Crippen LogP contribution in [0.3, 0.4) is 0 Å². The molecule has 0 aromatic carbocycles. The van der Waals surface area contributed by atoms with E-state index in [2.05, 4.69) is 0 Å². The molecule has 1 amide bonds. The molecule has 1 fully saturated rings. The Balaban J connectivity index is 2.53. The van der Waals surface area contributed by atoms with Crippen molar-refractivity contribution in [3.05, 3.63) is 0 Å². The first-order valence-corrected chi connectivity index (χ1v) is 6.20. The molecule has 0 radical (unpaired) electrons. The van der Waals surface area contributed by atoms with Crippen LogP contribution in [0.25, 0.3) is 0 Å². The Hall–Kier alpha value is -0.610. The van der Waals surface area contributed by atoms with E-state index in [1.807, 2.05) is 23.9 Å². The lowest BCUT2D eigenvalue weighted by Crippen LogP contribution is -2.46. The lowest BCUT2D eigenvalue weighted by Gasteiger charge is -2.34. The van der Waals surface area contributed by atoms with Gasteiger partial charge in [0.05, 0.1) is 13.2 Å². The third-order valence-electron chi connectivity index (χ3n) is 3.13. The van der Waals surface area contributed by atoms with Gasteiger partial charge in [-0.3, -0.25) is 4.79 Å². The molecule has 0 spiro atoms. The van der Waals surface area contributed by atoms with Crippen LogP contribution in [-0.4, -0.2) is 60.6 Å². The zero-order chi connectivity index (χ0) is 12.0. The standard InChI is InChI=1S/C12H24N2O2/c1-13(2)10-12(16)14(8-9-15)11-6-4-3-5-7-11/h11,15H,3-10H2,1-2H3. The van der Waals surface area contributed by atoms with Gasteiger partial charge in [-0.1, -0.05) is 19.3 Å². The number of rotatable bonds is 5. The molecule has 94 valence electrons. The number of nitrogens with zero attached hydrogens (tertiary/aromatic N) is 2. The minimum Gasteiger partial charge on any atom is -0.395 e. The minimum absolute atomic E-state index is 0.0651. The fourth-order valence-corrected chi connectivity index (χ4v) is 2.37. The first kappa shape index (κ1) is 13.5. The van der Waals surface area contributed by atoms with Gasteiger partial charge in [0.1, 0.15) is 0 Å². The number of hydrogen-bond acceptors (Lipinski definition) is 3. The fourth-order valence-electron chi connectivity index (χ4n) is 2.37. The predicted octanol–water partition coefficient (Wildman–Crippen LogP) is 0.702. The van der Waals surface area contributed by atoms with E-state index in [0.29, 0.717) is 19.1 Å². The van der Waals surface area contributed by atoms with Crippen LogP contribution in [0.15, 0.2) is 0 Å². The van der Waals surface area contributed by atoms with Gasteiger partial charge < -0.3 is 14.9 Å². The van der Waals surface area contributed by atoms with E-state index in [1.165, 1.54) is 19.3 Å². The van der Waals surface area contributed by atoms with Crippen molar-refractivity contribution in [3.63, 3.8) is 0 Å². The maximum Gasteiger partial charge on any atom is 0.237 e. The van der Waals surface area contributed by atoms with E-state index in [-0.39, 0.29) is 12.5 Å². The normalized spacial score (nSPS) is 17.8. The highest BCUT2D eigenvalue weighted by molar-refractivity contribution is 5.78. The highest BCUT2D eigenvalue weighted by Crippen LogP contribution is 2.22. The van der Waals surface area contributed by atoms with Gasteiger partial charge >= 0.3 is 0 Å². The van der Waals surface area contributed by atoms with Crippen LogP contribution in [-0.2, 0) is 4.79 Å². The Morgan fingerprint density at radius 3 is 2.38 bits per heavy atom. The SMILES string of the molecule is CN(C)CC(=O)N(CCO)C1CCCCC1. The molecular formula is C12H24N2O2. The van der Waals surface area contributed by atoms with Crippen LogP contribution in [0.2, 0.25) is 0 Å². The summed E-state index contributed by atoms with van der Waals surface area (Å²) < 4.78 is 0. The van der Waals surface area contributed by atoms with E-state index in [9.17, 15) is 4.79 Å². The predicted molar refractivity (Wildman–Crippen MR) is 64.2 cm³/mol. The molecule has 0 aliphatic heterocycles. The van der Waals surface area contributed by atoms with Gasteiger partial charge in [0.25, 0.3) is 0 Å².